The monoisotopic (exact) mass is 446 g/mol. The average molecular weight is 447 g/mol. The highest BCUT2D eigenvalue weighted by molar-refractivity contribution is 7.85. The normalized spacial score (nSPS) is 15.0. The van der Waals surface area contributed by atoms with Crippen molar-refractivity contribution in [3.63, 3.8) is 0 Å². The van der Waals surface area contributed by atoms with Crippen molar-refractivity contribution >= 4 is 28.3 Å². The predicted octanol–water partition coefficient (Wildman–Crippen LogP) is 4.85. The van der Waals surface area contributed by atoms with Crippen molar-refractivity contribution < 1.29 is 13.8 Å². The number of unbranched alkanes of at least 4 members (excludes halogenated alkanes) is 1. The molecule has 1 atom stereocenters. The molecule has 1 heterocycles. The van der Waals surface area contributed by atoms with Gasteiger partial charge >= 0.3 is 0 Å². The first kappa shape index (κ1) is 22.0. The summed E-state index contributed by atoms with van der Waals surface area (Å²) in [7, 11) is -1.53. The number of amides is 2. The molecule has 0 saturated carbocycles. The van der Waals surface area contributed by atoms with E-state index in [-0.39, 0.29) is 11.8 Å². The van der Waals surface area contributed by atoms with E-state index in [2.05, 4.69) is 12.2 Å². The number of anilines is 1. The van der Waals surface area contributed by atoms with Crippen LogP contribution in [0.2, 0.25) is 0 Å². The van der Waals surface area contributed by atoms with Crippen molar-refractivity contribution in [1.29, 1.82) is 0 Å². The first-order valence-corrected chi connectivity index (χ1v) is 12.0. The van der Waals surface area contributed by atoms with Gasteiger partial charge < -0.3 is 10.2 Å². The van der Waals surface area contributed by atoms with Gasteiger partial charge in [0.15, 0.2) is 0 Å². The first-order chi connectivity index (χ1) is 15.5. The third kappa shape index (κ3) is 4.23. The molecule has 0 spiro atoms. The van der Waals surface area contributed by atoms with Gasteiger partial charge in [-0.15, -0.1) is 0 Å². The Morgan fingerprint density at radius 2 is 1.75 bits per heavy atom. The van der Waals surface area contributed by atoms with Gasteiger partial charge in [0, 0.05) is 12.1 Å². The number of rotatable bonds is 6. The molecule has 0 aliphatic carbocycles. The molecule has 4 rings (SSSR count). The predicted molar refractivity (Wildman–Crippen MR) is 126 cm³/mol. The molecule has 0 radical (unpaired) electrons. The second-order valence-electron chi connectivity index (χ2n) is 7.87. The highest BCUT2D eigenvalue weighted by Gasteiger charge is 2.31. The van der Waals surface area contributed by atoms with E-state index >= 15 is 0 Å². The van der Waals surface area contributed by atoms with E-state index in [1.807, 2.05) is 31.2 Å². The van der Waals surface area contributed by atoms with Crippen LogP contribution in [0.3, 0.4) is 0 Å². The lowest BCUT2D eigenvalue weighted by atomic mass is 10.1. The van der Waals surface area contributed by atoms with E-state index in [1.54, 1.807) is 47.4 Å². The minimum atomic E-state index is -1.53. The van der Waals surface area contributed by atoms with E-state index in [0.717, 1.165) is 24.0 Å². The quantitative estimate of drug-likeness (QED) is 0.551. The molecule has 32 heavy (non-hydrogen) atoms. The third-order valence-corrected chi connectivity index (χ3v) is 7.18. The number of hydrogen-bond acceptors (Lipinski definition) is 3. The van der Waals surface area contributed by atoms with Crippen molar-refractivity contribution in [2.24, 2.45) is 0 Å². The fourth-order valence-corrected chi connectivity index (χ4v) is 5.15. The lowest BCUT2D eigenvalue weighted by Crippen LogP contribution is -2.31. The molecule has 1 N–H and O–H groups in total. The largest absolute Gasteiger partial charge is 0.352 e. The summed E-state index contributed by atoms with van der Waals surface area (Å²) in [6.07, 6.45) is 1.88. The summed E-state index contributed by atoms with van der Waals surface area (Å²) in [6, 6.07) is 20.0. The Balaban J connectivity index is 1.82. The Labute approximate surface area is 190 Å². The molecule has 6 heteroatoms. The van der Waals surface area contributed by atoms with Crippen molar-refractivity contribution in [3.05, 3.63) is 89.0 Å². The Bertz CT molecular complexity index is 1210. The van der Waals surface area contributed by atoms with Crippen LogP contribution in [-0.4, -0.2) is 22.6 Å². The van der Waals surface area contributed by atoms with Crippen LogP contribution in [0.4, 0.5) is 5.69 Å². The van der Waals surface area contributed by atoms with Crippen LogP contribution in [0, 0.1) is 6.92 Å². The van der Waals surface area contributed by atoms with Crippen molar-refractivity contribution in [2.75, 3.05) is 11.4 Å². The SMILES string of the molecule is CCCCNC(=O)c1ccc2c(c1)N(Cc1ccccc1C)C(=O)c1ccccc1S2=O. The van der Waals surface area contributed by atoms with Crippen LogP contribution in [0.1, 0.15) is 51.6 Å². The summed E-state index contributed by atoms with van der Waals surface area (Å²) in [5, 5.41) is 2.92. The molecular weight excluding hydrogens is 420 g/mol. The molecule has 0 aromatic heterocycles. The van der Waals surface area contributed by atoms with E-state index in [4.69, 9.17) is 0 Å². The summed E-state index contributed by atoms with van der Waals surface area (Å²) < 4.78 is 13.5. The maximum atomic E-state index is 13.6. The minimum Gasteiger partial charge on any atom is -0.352 e. The number of fused-ring (bicyclic) bond motifs is 2. The number of nitrogens with zero attached hydrogens (tertiary/aromatic N) is 1. The topological polar surface area (TPSA) is 66.5 Å². The van der Waals surface area contributed by atoms with E-state index < -0.39 is 10.8 Å². The van der Waals surface area contributed by atoms with Gasteiger partial charge in [-0.05, 0) is 54.8 Å². The summed E-state index contributed by atoms with van der Waals surface area (Å²) in [5.41, 5.74) is 3.44. The maximum absolute atomic E-state index is 13.6. The second kappa shape index (κ2) is 9.49. The summed E-state index contributed by atoms with van der Waals surface area (Å²) in [4.78, 5) is 29.0. The molecule has 3 aromatic carbocycles. The van der Waals surface area contributed by atoms with Crippen molar-refractivity contribution in [1.82, 2.24) is 5.32 Å². The first-order valence-electron chi connectivity index (χ1n) is 10.8. The highest BCUT2D eigenvalue weighted by atomic mass is 32.2. The molecular formula is C26H26N2O3S. The van der Waals surface area contributed by atoms with Gasteiger partial charge in [0.1, 0.15) is 0 Å². The van der Waals surface area contributed by atoms with Crippen LogP contribution in [0.15, 0.2) is 76.5 Å². The summed E-state index contributed by atoms with van der Waals surface area (Å²) in [5.74, 6) is -0.420. The molecule has 0 saturated heterocycles. The van der Waals surface area contributed by atoms with E-state index in [0.29, 0.717) is 39.7 Å². The summed E-state index contributed by atoms with van der Waals surface area (Å²) >= 11 is 0. The molecule has 164 valence electrons. The van der Waals surface area contributed by atoms with Crippen LogP contribution in [0.25, 0.3) is 0 Å². The summed E-state index contributed by atoms with van der Waals surface area (Å²) in [6.45, 7) is 4.99. The van der Waals surface area contributed by atoms with E-state index in [1.165, 1.54) is 0 Å². The van der Waals surface area contributed by atoms with Gasteiger partial charge in [0.25, 0.3) is 11.8 Å². The molecule has 0 fully saturated rings. The van der Waals surface area contributed by atoms with E-state index in [9.17, 15) is 13.8 Å². The second-order valence-corrected chi connectivity index (χ2v) is 9.29. The number of carbonyl (C=O) groups excluding carboxylic acids is 2. The van der Waals surface area contributed by atoms with Gasteiger partial charge in [-0.25, -0.2) is 4.21 Å². The average Bonchev–Trinajstić information content (AvgIpc) is 2.90. The Kier molecular flexibility index (Phi) is 6.51. The third-order valence-electron chi connectivity index (χ3n) is 5.68. The molecule has 1 unspecified atom stereocenters. The van der Waals surface area contributed by atoms with Crippen LogP contribution in [0.5, 0.6) is 0 Å². The highest BCUT2D eigenvalue weighted by Crippen LogP contribution is 2.36. The zero-order valence-electron chi connectivity index (χ0n) is 18.3. The lowest BCUT2D eigenvalue weighted by molar-refractivity contribution is 0.0949. The van der Waals surface area contributed by atoms with Crippen LogP contribution in [-0.2, 0) is 17.3 Å². The molecule has 1 aliphatic rings. The van der Waals surface area contributed by atoms with Crippen LogP contribution >= 0.6 is 0 Å². The standard InChI is InChI=1S/C26H26N2O3S/c1-3-4-15-27-25(29)19-13-14-24-22(16-19)28(17-20-10-6-5-9-18(20)2)26(30)21-11-7-8-12-23(21)32(24)31/h5-14,16H,3-4,15,17H2,1-2H3,(H,27,29). The van der Waals surface area contributed by atoms with Crippen molar-refractivity contribution in [2.45, 2.75) is 43.0 Å². The molecule has 0 bridgehead atoms. The zero-order valence-corrected chi connectivity index (χ0v) is 19.1. The Morgan fingerprint density at radius 3 is 2.53 bits per heavy atom. The molecule has 2 amide bonds. The minimum absolute atomic E-state index is 0.197. The fourth-order valence-electron chi connectivity index (χ4n) is 3.80. The Hall–Kier alpha value is -3.25. The fraction of sp³-hybridized carbons (Fsp3) is 0.231. The number of hydrogen-bond donors (Lipinski definition) is 1. The number of nitrogens with one attached hydrogen (secondary N) is 1. The number of aryl methyl sites for hydroxylation is 1. The van der Waals surface area contributed by atoms with Gasteiger partial charge in [0.05, 0.1) is 38.4 Å². The smallest absolute Gasteiger partial charge is 0.259 e. The molecule has 5 nitrogen and oxygen atoms in total. The van der Waals surface area contributed by atoms with Gasteiger partial charge in [-0.2, -0.15) is 0 Å². The maximum Gasteiger partial charge on any atom is 0.259 e. The van der Waals surface area contributed by atoms with Crippen LogP contribution < -0.4 is 10.2 Å². The lowest BCUT2D eigenvalue weighted by Gasteiger charge is -2.24. The zero-order chi connectivity index (χ0) is 22.7. The molecule has 1 aliphatic heterocycles. The van der Waals surface area contributed by atoms with Gasteiger partial charge in [0.2, 0.25) is 0 Å². The number of benzene rings is 3. The van der Waals surface area contributed by atoms with Gasteiger partial charge in [-0.3, -0.25) is 9.59 Å². The Morgan fingerprint density at radius 1 is 1.00 bits per heavy atom. The van der Waals surface area contributed by atoms with Gasteiger partial charge in [-0.1, -0.05) is 49.7 Å². The molecule has 3 aromatic rings. The van der Waals surface area contributed by atoms with Crippen molar-refractivity contribution in [3.8, 4) is 0 Å². The number of carbonyl (C=O) groups is 2.